The van der Waals surface area contributed by atoms with E-state index in [0.717, 1.165) is 0 Å². The second kappa shape index (κ2) is 4.69. The predicted molar refractivity (Wildman–Crippen MR) is 79.0 cm³/mol. The van der Waals surface area contributed by atoms with Crippen molar-refractivity contribution >= 4 is 16.9 Å². The van der Waals surface area contributed by atoms with Gasteiger partial charge < -0.3 is 10.5 Å². The maximum atomic E-state index is 5.97. The summed E-state index contributed by atoms with van der Waals surface area (Å²) in [6.07, 6.45) is 4.72. The summed E-state index contributed by atoms with van der Waals surface area (Å²) >= 11 is 0. The van der Waals surface area contributed by atoms with Gasteiger partial charge in [0.15, 0.2) is 5.65 Å². The number of hydrogen-bond donors (Lipinski definition) is 1. The van der Waals surface area contributed by atoms with Gasteiger partial charge in [-0.2, -0.15) is 0 Å². The van der Waals surface area contributed by atoms with Crippen LogP contribution in [0, 0.1) is 0 Å². The van der Waals surface area contributed by atoms with E-state index in [1.807, 2.05) is 20.8 Å². The monoisotopic (exact) mass is 284 g/mol. The third-order valence-electron chi connectivity index (χ3n) is 2.95. The fraction of sp³-hybridized carbons (Fsp3) is 0.286. The molecule has 2 N–H and O–H groups in total. The SMILES string of the molecule is CC(C)(C)n1nc(Oc2cccnc2)c2c(N)ncnc21. The summed E-state index contributed by atoms with van der Waals surface area (Å²) in [5.41, 5.74) is 6.36. The first-order valence-corrected chi connectivity index (χ1v) is 6.54. The molecule has 0 unspecified atom stereocenters. The van der Waals surface area contributed by atoms with E-state index in [9.17, 15) is 0 Å². The van der Waals surface area contributed by atoms with Crippen molar-refractivity contribution in [1.82, 2.24) is 24.7 Å². The summed E-state index contributed by atoms with van der Waals surface area (Å²) in [4.78, 5) is 12.3. The van der Waals surface area contributed by atoms with Crippen LogP contribution in [0.2, 0.25) is 0 Å². The van der Waals surface area contributed by atoms with Gasteiger partial charge >= 0.3 is 0 Å². The van der Waals surface area contributed by atoms with E-state index in [4.69, 9.17) is 10.5 Å². The van der Waals surface area contributed by atoms with Crippen molar-refractivity contribution in [3.63, 3.8) is 0 Å². The number of anilines is 1. The van der Waals surface area contributed by atoms with Crippen molar-refractivity contribution in [2.45, 2.75) is 26.3 Å². The number of fused-ring (bicyclic) bond motifs is 1. The average Bonchev–Trinajstić information content (AvgIpc) is 2.80. The molecule has 3 heterocycles. The minimum absolute atomic E-state index is 0.254. The number of nitrogens with zero attached hydrogens (tertiary/aromatic N) is 5. The van der Waals surface area contributed by atoms with Crippen molar-refractivity contribution in [1.29, 1.82) is 0 Å². The van der Waals surface area contributed by atoms with Crippen LogP contribution in [0.25, 0.3) is 11.0 Å². The Morgan fingerprint density at radius 3 is 2.71 bits per heavy atom. The molecular weight excluding hydrogens is 268 g/mol. The van der Waals surface area contributed by atoms with Crippen LogP contribution < -0.4 is 10.5 Å². The van der Waals surface area contributed by atoms with Gasteiger partial charge in [0.2, 0.25) is 0 Å². The quantitative estimate of drug-likeness (QED) is 0.776. The maximum absolute atomic E-state index is 5.97. The molecular formula is C14H16N6O. The molecule has 108 valence electrons. The van der Waals surface area contributed by atoms with E-state index in [0.29, 0.717) is 28.5 Å². The number of hydrogen-bond acceptors (Lipinski definition) is 6. The van der Waals surface area contributed by atoms with Gasteiger partial charge in [0.1, 0.15) is 23.3 Å². The second-order valence-corrected chi connectivity index (χ2v) is 5.64. The molecule has 3 rings (SSSR count). The smallest absolute Gasteiger partial charge is 0.251 e. The van der Waals surface area contributed by atoms with Crippen molar-refractivity contribution in [2.24, 2.45) is 0 Å². The van der Waals surface area contributed by atoms with Gasteiger partial charge in [0.25, 0.3) is 5.88 Å². The Kier molecular flexibility index (Phi) is 2.97. The highest BCUT2D eigenvalue weighted by Crippen LogP contribution is 2.33. The fourth-order valence-corrected chi connectivity index (χ4v) is 2.00. The lowest BCUT2D eigenvalue weighted by Gasteiger charge is -2.19. The zero-order valence-electron chi connectivity index (χ0n) is 12.1. The van der Waals surface area contributed by atoms with Crippen LogP contribution in [0.4, 0.5) is 5.82 Å². The van der Waals surface area contributed by atoms with Crippen molar-refractivity contribution in [3.05, 3.63) is 30.9 Å². The van der Waals surface area contributed by atoms with Crippen LogP contribution >= 0.6 is 0 Å². The Labute approximate surface area is 121 Å². The van der Waals surface area contributed by atoms with Crippen molar-refractivity contribution < 1.29 is 4.74 Å². The van der Waals surface area contributed by atoms with Crippen molar-refractivity contribution in [3.8, 4) is 11.6 Å². The third-order valence-corrected chi connectivity index (χ3v) is 2.95. The largest absolute Gasteiger partial charge is 0.435 e. The first kappa shape index (κ1) is 13.3. The average molecular weight is 284 g/mol. The number of nitrogens with two attached hydrogens (primary N) is 1. The van der Waals surface area contributed by atoms with Gasteiger partial charge in [-0.05, 0) is 32.9 Å². The van der Waals surface area contributed by atoms with Gasteiger partial charge in [0.05, 0.1) is 11.7 Å². The summed E-state index contributed by atoms with van der Waals surface area (Å²) in [5.74, 6) is 1.31. The van der Waals surface area contributed by atoms with Crippen LogP contribution in [-0.4, -0.2) is 24.7 Å². The van der Waals surface area contributed by atoms with E-state index < -0.39 is 0 Å². The third kappa shape index (κ3) is 2.37. The Hall–Kier alpha value is -2.70. The molecule has 0 saturated carbocycles. The molecule has 0 saturated heterocycles. The zero-order valence-corrected chi connectivity index (χ0v) is 12.1. The Morgan fingerprint density at radius 1 is 1.24 bits per heavy atom. The summed E-state index contributed by atoms with van der Waals surface area (Å²) in [7, 11) is 0. The number of aromatic nitrogens is 5. The predicted octanol–water partition coefficient (Wildman–Crippen LogP) is 2.35. The van der Waals surface area contributed by atoms with E-state index in [-0.39, 0.29) is 5.54 Å². The number of ether oxygens (including phenoxy) is 1. The summed E-state index contributed by atoms with van der Waals surface area (Å²) in [6.45, 7) is 6.10. The van der Waals surface area contributed by atoms with E-state index in [1.165, 1.54) is 6.33 Å². The van der Waals surface area contributed by atoms with E-state index >= 15 is 0 Å². The van der Waals surface area contributed by atoms with Crippen LogP contribution in [0.1, 0.15) is 20.8 Å². The molecule has 0 radical (unpaired) electrons. The molecule has 0 aromatic carbocycles. The molecule has 0 bridgehead atoms. The molecule has 0 aliphatic heterocycles. The summed E-state index contributed by atoms with van der Waals surface area (Å²) < 4.78 is 7.58. The lowest BCUT2D eigenvalue weighted by molar-refractivity contribution is 0.349. The molecule has 0 aliphatic carbocycles. The number of rotatable bonds is 2. The molecule has 0 fully saturated rings. The molecule has 7 heteroatoms. The highest BCUT2D eigenvalue weighted by atomic mass is 16.5. The minimum atomic E-state index is -0.254. The molecule has 21 heavy (non-hydrogen) atoms. The van der Waals surface area contributed by atoms with Gasteiger partial charge in [0, 0.05) is 6.20 Å². The molecule has 0 amide bonds. The molecule has 3 aromatic heterocycles. The zero-order chi connectivity index (χ0) is 15.0. The Balaban J connectivity index is 2.19. The van der Waals surface area contributed by atoms with Crippen LogP contribution in [-0.2, 0) is 5.54 Å². The van der Waals surface area contributed by atoms with Crippen LogP contribution in [0.5, 0.6) is 11.6 Å². The summed E-state index contributed by atoms with van der Waals surface area (Å²) in [5, 5.41) is 5.11. The van der Waals surface area contributed by atoms with Crippen LogP contribution in [0.15, 0.2) is 30.9 Å². The van der Waals surface area contributed by atoms with Crippen molar-refractivity contribution in [2.75, 3.05) is 5.73 Å². The lowest BCUT2D eigenvalue weighted by atomic mass is 10.1. The van der Waals surface area contributed by atoms with Gasteiger partial charge in [-0.1, -0.05) is 0 Å². The topological polar surface area (TPSA) is 91.7 Å². The first-order chi connectivity index (χ1) is 9.97. The highest BCUT2D eigenvalue weighted by Gasteiger charge is 2.24. The highest BCUT2D eigenvalue weighted by molar-refractivity contribution is 5.91. The lowest BCUT2D eigenvalue weighted by Crippen LogP contribution is -2.23. The molecule has 7 nitrogen and oxygen atoms in total. The molecule has 0 spiro atoms. The molecule has 0 atom stereocenters. The Bertz CT molecular complexity index is 775. The molecule has 0 aliphatic rings. The Morgan fingerprint density at radius 2 is 2.05 bits per heavy atom. The maximum Gasteiger partial charge on any atom is 0.251 e. The fourth-order valence-electron chi connectivity index (χ4n) is 2.00. The normalized spacial score (nSPS) is 11.8. The van der Waals surface area contributed by atoms with Crippen LogP contribution in [0.3, 0.4) is 0 Å². The van der Waals surface area contributed by atoms with E-state index in [2.05, 4.69) is 20.1 Å². The molecule has 3 aromatic rings. The standard InChI is InChI=1S/C14H16N6O/c1-14(2,3)20-12-10(11(15)17-8-18-12)13(19-20)21-9-5-4-6-16-7-9/h4-8H,1-3H3,(H2,15,17,18). The first-order valence-electron chi connectivity index (χ1n) is 6.54. The van der Waals surface area contributed by atoms with Gasteiger partial charge in [-0.3, -0.25) is 4.98 Å². The minimum Gasteiger partial charge on any atom is -0.435 e. The van der Waals surface area contributed by atoms with E-state index in [1.54, 1.807) is 29.2 Å². The van der Waals surface area contributed by atoms with Gasteiger partial charge in [-0.25, -0.2) is 14.6 Å². The summed E-state index contributed by atoms with van der Waals surface area (Å²) in [6, 6.07) is 3.59. The number of nitrogen functional groups attached to an aromatic ring is 1. The second-order valence-electron chi connectivity index (χ2n) is 5.64. The number of pyridine rings is 1. The van der Waals surface area contributed by atoms with Gasteiger partial charge in [-0.15, -0.1) is 5.10 Å².